The average Bonchev–Trinajstić information content (AvgIpc) is 3.37. The Balaban J connectivity index is 2.32. The van der Waals surface area contributed by atoms with E-state index in [1.807, 2.05) is 96.7 Å². The molecule has 0 aliphatic carbocycles. The Bertz CT molecular complexity index is 1060. The fourth-order valence-electron chi connectivity index (χ4n) is 5.85. The number of methoxy groups -OCH3 is 1. The maximum absolute atomic E-state index is 14.1. The molecule has 1 aliphatic rings. The largest absolute Gasteiger partial charge is 0.383 e. The van der Waals surface area contributed by atoms with E-state index >= 15 is 0 Å². The van der Waals surface area contributed by atoms with Crippen LogP contribution in [0.1, 0.15) is 73.8 Å². The van der Waals surface area contributed by atoms with E-state index in [9.17, 15) is 14.4 Å². The minimum Gasteiger partial charge on any atom is -0.383 e. The molecule has 8 nitrogen and oxygen atoms in total. The van der Waals surface area contributed by atoms with Gasteiger partial charge in [0.1, 0.15) is 6.04 Å². The van der Waals surface area contributed by atoms with Crippen molar-refractivity contribution in [3.05, 3.63) is 47.5 Å². The molecule has 8 heteroatoms. The van der Waals surface area contributed by atoms with Crippen LogP contribution in [0.15, 0.2) is 42.0 Å². The molecule has 2 rings (SSSR count). The number of benzene rings is 1. The van der Waals surface area contributed by atoms with Crippen molar-refractivity contribution in [1.82, 2.24) is 20.4 Å². The Morgan fingerprint density at radius 1 is 1.10 bits per heavy atom. The van der Waals surface area contributed by atoms with Crippen molar-refractivity contribution in [2.24, 2.45) is 11.3 Å². The minimum absolute atomic E-state index is 0.0169. The van der Waals surface area contributed by atoms with Gasteiger partial charge in [0.2, 0.25) is 17.7 Å². The first-order valence-electron chi connectivity index (χ1n) is 14.9. The smallest absolute Gasteiger partial charge is 0.249 e. The highest BCUT2D eigenvalue weighted by molar-refractivity contribution is 5.94. The van der Waals surface area contributed by atoms with Crippen LogP contribution in [-0.2, 0) is 24.5 Å². The molecule has 3 amide bonds. The number of carbonyl (C=O) groups excluding carboxylic acids is 3. The fraction of sp³-hybridized carbons (Fsp3) is 0.667. The van der Waals surface area contributed by atoms with E-state index in [-0.39, 0.29) is 35.7 Å². The summed E-state index contributed by atoms with van der Waals surface area (Å²) < 4.78 is 5.33. The second kappa shape index (κ2) is 14.5. The van der Waals surface area contributed by atoms with Gasteiger partial charge in [-0.05, 0) is 43.7 Å². The lowest BCUT2D eigenvalue weighted by atomic mass is 9.76. The van der Waals surface area contributed by atoms with Gasteiger partial charge in [0.25, 0.3) is 0 Å². The van der Waals surface area contributed by atoms with Crippen molar-refractivity contribution in [3.8, 4) is 0 Å². The summed E-state index contributed by atoms with van der Waals surface area (Å²) in [6.07, 6.45) is 3.80. The van der Waals surface area contributed by atoms with E-state index in [2.05, 4.69) is 10.6 Å². The number of amides is 3. The number of likely N-dealkylation sites (tertiary alicyclic amines) is 1. The van der Waals surface area contributed by atoms with Crippen molar-refractivity contribution in [2.45, 2.75) is 97.8 Å². The molecule has 1 fully saturated rings. The molecule has 1 aromatic carbocycles. The quantitative estimate of drug-likeness (QED) is 0.369. The second-order valence-corrected chi connectivity index (χ2v) is 13.4. The molecule has 4 atom stereocenters. The molecule has 1 aromatic rings. The van der Waals surface area contributed by atoms with Crippen LogP contribution in [0.5, 0.6) is 0 Å². The van der Waals surface area contributed by atoms with Crippen LogP contribution in [0.25, 0.3) is 0 Å². The molecule has 230 valence electrons. The van der Waals surface area contributed by atoms with Crippen molar-refractivity contribution >= 4 is 17.7 Å². The molecule has 0 radical (unpaired) electrons. The number of hydrogen-bond acceptors (Lipinski definition) is 5. The number of carbonyl (C=O) groups is 3. The molecule has 0 aromatic heterocycles. The van der Waals surface area contributed by atoms with Crippen LogP contribution >= 0.6 is 0 Å². The summed E-state index contributed by atoms with van der Waals surface area (Å²) >= 11 is 0. The Hall–Kier alpha value is -2.71. The van der Waals surface area contributed by atoms with Gasteiger partial charge in [-0.1, -0.05) is 84.9 Å². The Morgan fingerprint density at radius 3 is 2.22 bits per heavy atom. The first kappa shape index (κ1) is 34.5. The maximum Gasteiger partial charge on any atom is 0.249 e. The summed E-state index contributed by atoms with van der Waals surface area (Å²) in [6.45, 7) is 17.1. The monoisotopic (exact) mass is 570 g/mol. The lowest BCUT2D eigenvalue weighted by molar-refractivity contribution is -0.141. The molecular weight excluding hydrogens is 516 g/mol. The zero-order chi connectivity index (χ0) is 31.1. The van der Waals surface area contributed by atoms with E-state index in [0.717, 1.165) is 18.4 Å². The number of nitrogens with zero attached hydrogens (tertiary/aromatic N) is 2. The topological polar surface area (TPSA) is 91.0 Å². The van der Waals surface area contributed by atoms with Crippen LogP contribution in [-0.4, -0.2) is 86.0 Å². The first-order valence-corrected chi connectivity index (χ1v) is 14.9. The molecule has 0 spiro atoms. The molecule has 1 aliphatic heterocycles. The van der Waals surface area contributed by atoms with E-state index < -0.39 is 22.9 Å². The second-order valence-electron chi connectivity index (χ2n) is 13.4. The van der Waals surface area contributed by atoms with Gasteiger partial charge in [-0.15, -0.1) is 0 Å². The van der Waals surface area contributed by atoms with Crippen LogP contribution in [0.3, 0.4) is 0 Å². The molecule has 1 saturated heterocycles. The zero-order valence-electron chi connectivity index (χ0n) is 27.2. The number of ether oxygens (including phenoxy) is 1. The predicted molar refractivity (Wildman–Crippen MR) is 165 cm³/mol. The lowest BCUT2D eigenvalue weighted by Gasteiger charge is -2.40. The van der Waals surface area contributed by atoms with E-state index in [0.29, 0.717) is 18.7 Å². The lowest BCUT2D eigenvalue weighted by Crippen LogP contribution is -2.61. The number of nitrogens with one attached hydrogen (secondary N) is 2. The Morgan fingerprint density at radius 2 is 1.71 bits per heavy atom. The van der Waals surface area contributed by atoms with Crippen LogP contribution in [0.4, 0.5) is 0 Å². The minimum atomic E-state index is -0.766. The zero-order valence-corrected chi connectivity index (χ0v) is 27.2. The normalized spacial score (nSPS) is 18.7. The molecule has 0 saturated carbocycles. The molecular formula is C33H54N4O4. The van der Waals surface area contributed by atoms with Gasteiger partial charge in [0, 0.05) is 31.7 Å². The van der Waals surface area contributed by atoms with E-state index in [1.165, 1.54) is 0 Å². The summed E-state index contributed by atoms with van der Waals surface area (Å²) in [7, 11) is 5.19. The highest BCUT2D eigenvalue weighted by Crippen LogP contribution is 2.29. The van der Waals surface area contributed by atoms with Gasteiger partial charge in [-0.3, -0.25) is 14.4 Å². The van der Waals surface area contributed by atoms with E-state index in [4.69, 9.17) is 4.74 Å². The van der Waals surface area contributed by atoms with Gasteiger partial charge < -0.3 is 25.2 Å². The molecule has 4 unspecified atom stereocenters. The molecule has 41 heavy (non-hydrogen) atoms. The number of rotatable bonds is 12. The van der Waals surface area contributed by atoms with Crippen molar-refractivity contribution in [3.63, 3.8) is 0 Å². The fourth-order valence-corrected chi connectivity index (χ4v) is 5.85. The number of likely N-dealkylation sites (N-methyl/N-ethyl adjacent to an activating group) is 2. The average molecular weight is 571 g/mol. The number of hydrogen-bond donors (Lipinski definition) is 2. The van der Waals surface area contributed by atoms with E-state index in [1.54, 1.807) is 26.1 Å². The van der Waals surface area contributed by atoms with Gasteiger partial charge in [-0.25, -0.2) is 0 Å². The van der Waals surface area contributed by atoms with Crippen LogP contribution in [0, 0.1) is 11.3 Å². The highest BCUT2D eigenvalue weighted by Gasteiger charge is 2.41. The summed E-state index contributed by atoms with van der Waals surface area (Å²) in [5.41, 5.74) is 0.576. The third kappa shape index (κ3) is 8.41. The standard InChI is InChI=1S/C33H54N4O4/c1-22(2)26(20-23(3)30(39)37-19-15-18-25(37)21-41-11)36(10)31(40)28(32(4,5)6)35-29(38)27(34-9)33(7,8)24-16-13-12-14-17-24/h12-14,16-17,20,22,25-28,34H,15,18-19,21H2,1-11H3,(H,35,38)/b23-20+. The summed E-state index contributed by atoms with van der Waals surface area (Å²) in [5, 5.41) is 6.28. The third-order valence-corrected chi connectivity index (χ3v) is 8.42. The van der Waals surface area contributed by atoms with Crippen molar-refractivity contribution < 1.29 is 19.1 Å². The summed E-state index contributed by atoms with van der Waals surface area (Å²) in [5.74, 6) is -0.383. The SMILES string of the molecule is CNC(C(=O)NC(C(=O)N(C)C(/C=C(\C)C(=O)N1CCCC1COC)C(C)C)C(C)(C)C)C(C)(C)c1ccccc1. The van der Waals surface area contributed by atoms with Crippen molar-refractivity contribution in [1.29, 1.82) is 0 Å². The third-order valence-electron chi connectivity index (χ3n) is 8.42. The molecule has 1 heterocycles. The molecule has 2 N–H and O–H groups in total. The van der Waals surface area contributed by atoms with Gasteiger partial charge in [0.05, 0.1) is 24.7 Å². The first-order chi connectivity index (χ1) is 19.1. The van der Waals surface area contributed by atoms with Gasteiger partial charge >= 0.3 is 0 Å². The predicted octanol–water partition coefficient (Wildman–Crippen LogP) is 4.15. The van der Waals surface area contributed by atoms with Crippen LogP contribution < -0.4 is 10.6 Å². The Kier molecular flexibility index (Phi) is 12.2. The van der Waals surface area contributed by atoms with Gasteiger partial charge in [0.15, 0.2) is 0 Å². The van der Waals surface area contributed by atoms with Gasteiger partial charge in [-0.2, -0.15) is 0 Å². The highest BCUT2D eigenvalue weighted by atomic mass is 16.5. The maximum atomic E-state index is 14.1. The molecule has 0 bridgehead atoms. The summed E-state index contributed by atoms with van der Waals surface area (Å²) in [6, 6.07) is 8.34. The van der Waals surface area contributed by atoms with Crippen LogP contribution in [0.2, 0.25) is 0 Å². The Labute approximate surface area is 248 Å². The van der Waals surface area contributed by atoms with Crippen molar-refractivity contribution in [2.75, 3.05) is 34.4 Å². The summed E-state index contributed by atoms with van der Waals surface area (Å²) in [4.78, 5) is 44.8.